The van der Waals surface area contributed by atoms with Crippen LogP contribution in [0.15, 0.2) is 48.2 Å². The maximum absolute atomic E-state index is 10.5. The Balaban J connectivity index is 1.49. The molecule has 2 N–H and O–H groups in total. The van der Waals surface area contributed by atoms with Crippen molar-refractivity contribution in [2.45, 2.75) is 24.5 Å². The van der Waals surface area contributed by atoms with Crippen molar-refractivity contribution in [1.29, 1.82) is 0 Å². The standard InChI is InChI=1S/C19H16N3O5PS2/c23-16-11(8-26-28-25)27-19(17(16)24)22-9-21-15-10(5-6-20-18(15)22)12-3-4-14(30-12)13-2-1-7-29-13/h1-7,9,11,16-17,19,23-24H,8H2/t11?,16?,17?,19-/m1/s1. The van der Waals surface area contributed by atoms with E-state index in [1.807, 2.05) is 12.1 Å². The number of fused-ring (bicyclic) bond motifs is 1. The van der Waals surface area contributed by atoms with Gasteiger partial charge in [-0.3, -0.25) is 9.09 Å². The molecule has 0 amide bonds. The third-order valence-corrected chi connectivity index (χ3v) is 7.44. The summed E-state index contributed by atoms with van der Waals surface area (Å²) in [6.45, 7) is -0.105. The summed E-state index contributed by atoms with van der Waals surface area (Å²) in [7, 11) is -0.510. The fourth-order valence-corrected chi connectivity index (χ4v) is 5.63. The molecular weight excluding hydrogens is 445 g/mol. The summed E-state index contributed by atoms with van der Waals surface area (Å²) in [5.41, 5.74) is 2.16. The van der Waals surface area contributed by atoms with Crippen molar-refractivity contribution in [3.63, 3.8) is 0 Å². The number of aromatic nitrogens is 3. The van der Waals surface area contributed by atoms with Crippen LogP contribution in [0.25, 0.3) is 31.4 Å². The van der Waals surface area contributed by atoms with E-state index in [4.69, 9.17) is 9.26 Å². The second-order valence-electron chi connectivity index (χ2n) is 6.74. The molecule has 4 aromatic rings. The first kappa shape index (κ1) is 19.9. The first-order chi connectivity index (χ1) is 14.7. The lowest BCUT2D eigenvalue weighted by molar-refractivity contribution is -0.0461. The number of pyridine rings is 1. The number of hydrogen-bond donors (Lipinski definition) is 2. The number of nitrogens with zero attached hydrogens (tertiary/aromatic N) is 3. The van der Waals surface area contributed by atoms with Gasteiger partial charge in [0.15, 0.2) is 11.9 Å². The second-order valence-corrected chi connectivity index (χ2v) is 9.18. The lowest BCUT2D eigenvalue weighted by Crippen LogP contribution is -2.33. The highest BCUT2D eigenvalue weighted by atomic mass is 32.1. The van der Waals surface area contributed by atoms with Gasteiger partial charge in [0.05, 0.1) is 12.9 Å². The van der Waals surface area contributed by atoms with E-state index in [0.29, 0.717) is 11.2 Å². The Morgan fingerprint density at radius 2 is 2.00 bits per heavy atom. The fraction of sp³-hybridized carbons (Fsp3) is 0.263. The summed E-state index contributed by atoms with van der Waals surface area (Å²) < 4.78 is 22.7. The third kappa shape index (κ3) is 3.40. The van der Waals surface area contributed by atoms with Crippen LogP contribution in [-0.4, -0.2) is 49.7 Å². The van der Waals surface area contributed by atoms with E-state index in [1.54, 1.807) is 39.8 Å². The molecule has 3 unspecified atom stereocenters. The number of aliphatic hydroxyl groups excluding tert-OH is 2. The monoisotopic (exact) mass is 461 g/mol. The minimum absolute atomic E-state index is 0.105. The highest BCUT2D eigenvalue weighted by Crippen LogP contribution is 2.39. The molecule has 0 radical (unpaired) electrons. The Hall–Kier alpha value is -2.04. The van der Waals surface area contributed by atoms with Gasteiger partial charge in [-0.15, -0.1) is 22.7 Å². The number of aliphatic hydroxyl groups is 2. The fourth-order valence-electron chi connectivity index (χ4n) is 3.55. The number of imidazole rings is 1. The summed E-state index contributed by atoms with van der Waals surface area (Å²) in [5.74, 6) is 0. The molecule has 8 nitrogen and oxygen atoms in total. The van der Waals surface area contributed by atoms with Gasteiger partial charge in [-0.2, -0.15) is 0 Å². The molecule has 154 valence electrons. The Bertz CT molecular complexity index is 1180. The molecular formula is C19H16N3O5PS2. The Morgan fingerprint density at radius 1 is 1.13 bits per heavy atom. The molecule has 4 aromatic heterocycles. The third-order valence-electron chi connectivity index (χ3n) is 5.00. The van der Waals surface area contributed by atoms with E-state index in [0.717, 1.165) is 10.4 Å². The van der Waals surface area contributed by atoms with Gasteiger partial charge in [-0.1, -0.05) is 6.07 Å². The van der Waals surface area contributed by atoms with Gasteiger partial charge in [0.1, 0.15) is 23.8 Å². The maximum atomic E-state index is 10.5. The number of rotatable bonds is 6. The van der Waals surface area contributed by atoms with Crippen molar-refractivity contribution < 1.29 is 24.0 Å². The lowest BCUT2D eigenvalue weighted by atomic mass is 10.1. The summed E-state index contributed by atoms with van der Waals surface area (Å²) in [4.78, 5) is 12.4. The minimum atomic E-state index is -1.20. The number of thiophene rings is 2. The van der Waals surface area contributed by atoms with Crippen molar-refractivity contribution in [1.82, 2.24) is 14.5 Å². The van der Waals surface area contributed by atoms with Crippen LogP contribution in [-0.2, 0) is 13.8 Å². The summed E-state index contributed by atoms with van der Waals surface area (Å²) in [5, 5.41) is 22.8. The minimum Gasteiger partial charge on any atom is -0.387 e. The summed E-state index contributed by atoms with van der Waals surface area (Å²) in [6.07, 6.45) is -0.827. The quantitative estimate of drug-likeness (QED) is 0.422. The van der Waals surface area contributed by atoms with Crippen LogP contribution in [0, 0.1) is 0 Å². The number of ether oxygens (including phenoxy) is 1. The molecule has 1 saturated heterocycles. The smallest absolute Gasteiger partial charge is 0.327 e. The Morgan fingerprint density at radius 3 is 2.80 bits per heavy atom. The topological polar surface area (TPSA) is 107 Å². The van der Waals surface area contributed by atoms with Crippen molar-refractivity contribution in [3.05, 3.63) is 48.2 Å². The zero-order valence-corrected chi connectivity index (χ0v) is 17.9. The first-order valence-electron chi connectivity index (χ1n) is 9.09. The van der Waals surface area contributed by atoms with Crippen LogP contribution in [0.1, 0.15) is 6.23 Å². The highest BCUT2D eigenvalue weighted by molar-refractivity contribution is 7.23. The van der Waals surface area contributed by atoms with Gasteiger partial charge in [0, 0.05) is 26.4 Å². The maximum Gasteiger partial charge on any atom is 0.327 e. The molecule has 30 heavy (non-hydrogen) atoms. The average Bonchev–Trinajstić information content (AvgIpc) is 3.55. The predicted octanol–water partition coefficient (Wildman–Crippen LogP) is 3.73. The first-order valence-corrected chi connectivity index (χ1v) is 11.5. The van der Waals surface area contributed by atoms with E-state index < -0.39 is 33.2 Å². The van der Waals surface area contributed by atoms with Crippen molar-refractivity contribution >= 4 is 42.5 Å². The van der Waals surface area contributed by atoms with Crippen LogP contribution in [0.5, 0.6) is 0 Å². The number of hydrogen-bond acceptors (Lipinski definition) is 9. The molecule has 0 bridgehead atoms. The van der Waals surface area contributed by atoms with Crippen LogP contribution in [0.3, 0.4) is 0 Å². The van der Waals surface area contributed by atoms with Gasteiger partial charge in [-0.25, -0.2) is 14.5 Å². The van der Waals surface area contributed by atoms with E-state index in [1.165, 1.54) is 9.75 Å². The van der Waals surface area contributed by atoms with Gasteiger partial charge in [-0.05, 0) is 29.6 Å². The van der Waals surface area contributed by atoms with Crippen LogP contribution in [0.4, 0.5) is 0 Å². The Kier molecular flexibility index (Phi) is 5.46. The van der Waals surface area contributed by atoms with Crippen molar-refractivity contribution in [2.24, 2.45) is 0 Å². The zero-order valence-electron chi connectivity index (χ0n) is 15.4. The molecule has 0 saturated carbocycles. The molecule has 0 spiro atoms. The largest absolute Gasteiger partial charge is 0.387 e. The van der Waals surface area contributed by atoms with E-state index >= 15 is 0 Å². The highest BCUT2D eigenvalue weighted by Gasteiger charge is 2.44. The van der Waals surface area contributed by atoms with E-state index in [9.17, 15) is 14.8 Å². The van der Waals surface area contributed by atoms with Crippen LogP contribution >= 0.6 is 31.4 Å². The summed E-state index contributed by atoms with van der Waals surface area (Å²) >= 11 is 3.37. The zero-order chi connectivity index (χ0) is 20.7. The molecule has 1 aliphatic rings. The van der Waals surface area contributed by atoms with Crippen LogP contribution < -0.4 is 0 Å². The lowest BCUT2D eigenvalue weighted by Gasteiger charge is -2.16. The van der Waals surface area contributed by atoms with Gasteiger partial charge in [0.25, 0.3) is 0 Å². The van der Waals surface area contributed by atoms with Gasteiger partial charge in [0.2, 0.25) is 0 Å². The second kappa shape index (κ2) is 8.24. The normalized spacial score (nSPS) is 24.2. The Labute approximate surface area is 180 Å². The van der Waals surface area contributed by atoms with Crippen molar-refractivity contribution in [3.8, 4) is 20.2 Å². The molecule has 5 rings (SSSR count). The van der Waals surface area contributed by atoms with E-state index in [2.05, 4.69) is 33.5 Å². The van der Waals surface area contributed by atoms with E-state index in [-0.39, 0.29) is 6.61 Å². The molecule has 1 fully saturated rings. The molecule has 0 aliphatic carbocycles. The van der Waals surface area contributed by atoms with Gasteiger partial charge >= 0.3 is 8.69 Å². The summed E-state index contributed by atoms with van der Waals surface area (Å²) in [6, 6.07) is 10.2. The molecule has 4 atom stereocenters. The molecule has 11 heteroatoms. The van der Waals surface area contributed by atoms with Crippen molar-refractivity contribution in [2.75, 3.05) is 6.61 Å². The predicted molar refractivity (Wildman–Crippen MR) is 114 cm³/mol. The SMILES string of the molecule is O=POCC1O[C@@H](n2cnc3c(-c4ccc(-c5cccs5)s4)ccnc32)C(O)C1O. The van der Waals surface area contributed by atoms with Gasteiger partial charge < -0.3 is 14.9 Å². The van der Waals surface area contributed by atoms with Crippen LogP contribution in [0.2, 0.25) is 0 Å². The molecule has 5 heterocycles. The average molecular weight is 461 g/mol. The molecule has 0 aromatic carbocycles. The molecule has 1 aliphatic heterocycles.